The van der Waals surface area contributed by atoms with Crippen molar-refractivity contribution in [1.82, 2.24) is 20.8 Å². The van der Waals surface area contributed by atoms with Gasteiger partial charge >= 0.3 is 0 Å². The molecule has 1 aromatic heterocycles. The summed E-state index contributed by atoms with van der Waals surface area (Å²) in [5.41, 5.74) is 9.10. The van der Waals surface area contributed by atoms with Crippen LogP contribution in [0.2, 0.25) is 5.02 Å². The van der Waals surface area contributed by atoms with Crippen LogP contribution in [0.5, 0.6) is 0 Å². The fourth-order valence-corrected chi connectivity index (χ4v) is 4.03. The maximum absolute atomic E-state index is 12.3. The van der Waals surface area contributed by atoms with Gasteiger partial charge in [0.05, 0.1) is 17.5 Å². The topological polar surface area (TPSA) is 86.9 Å². The van der Waals surface area contributed by atoms with Crippen LogP contribution >= 0.6 is 23.4 Å². The molecule has 156 valence electrons. The Bertz CT molecular complexity index is 1190. The van der Waals surface area contributed by atoms with Gasteiger partial charge in [0.2, 0.25) is 5.91 Å². The second-order valence-corrected chi connectivity index (χ2v) is 8.25. The highest BCUT2D eigenvalue weighted by molar-refractivity contribution is 7.98. The number of amides is 2. The number of halogens is 1. The lowest BCUT2D eigenvalue weighted by Gasteiger charge is -2.08. The molecule has 4 rings (SSSR count). The zero-order valence-electron chi connectivity index (χ0n) is 16.4. The van der Waals surface area contributed by atoms with Crippen molar-refractivity contribution in [3.8, 4) is 0 Å². The van der Waals surface area contributed by atoms with E-state index in [-0.39, 0.29) is 18.2 Å². The zero-order valence-corrected chi connectivity index (χ0v) is 18.0. The van der Waals surface area contributed by atoms with E-state index in [0.29, 0.717) is 10.6 Å². The first-order valence-corrected chi connectivity index (χ1v) is 10.9. The van der Waals surface area contributed by atoms with Crippen LogP contribution in [0.3, 0.4) is 0 Å². The second kappa shape index (κ2) is 9.68. The van der Waals surface area contributed by atoms with Crippen molar-refractivity contribution < 1.29 is 9.59 Å². The van der Waals surface area contributed by atoms with E-state index in [1.165, 1.54) is 0 Å². The van der Waals surface area contributed by atoms with Gasteiger partial charge in [0.25, 0.3) is 5.91 Å². The third-order valence-electron chi connectivity index (χ3n) is 4.53. The molecule has 0 radical (unpaired) electrons. The Labute approximate surface area is 188 Å². The standard InChI is InChI=1S/C23H19ClN4O2S/c24-18-5-3-4-16(12-18)13-21(29)27-28-22(30)17-10-8-15(9-11-17)14-31-23-25-19-6-1-2-7-20(19)26-23/h1-12H,13-14H2,(H,25,26)(H,27,29)(H,28,30). The van der Waals surface area contributed by atoms with Gasteiger partial charge in [-0.15, -0.1) is 0 Å². The number of fused-ring (bicyclic) bond motifs is 1. The van der Waals surface area contributed by atoms with Crippen molar-refractivity contribution in [2.45, 2.75) is 17.3 Å². The molecule has 0 unspecified atom stereocenters. The normalized spacial score (nSPS) is 10.7. The second-order valence-electron chi connectivity index (χ2n) is 6.85. The van der Waals surface area contributed by atoms with Gasteiger partial charge in [-0.2, -0.15) is 0 Å². The molecule has 0 spiro atoms. The minimum absolute atomic E-state index is 0.124. The largest absolute Gasteiger partial charge is 0.333 e. The van der Waals surface area contributed by atoms with Gasteiger partial charge < -0.3 is 4.98 Å². The molecular weight excluding hydrogens is 432 g/mol. The molecule has 3 N–H and O–H groups in total. The fraction of sp³-hybridized carbons (Fsp3) is 0.0870. The van der Waals surface area contributed by atoms with Crippen molar-refractivity contribution in [1.29, 1.82) is 0 Å². The van der Waals surface area contributed by atoms with E-state index in [0.717, 1.165) is 33.1 Å². The van der Waals surface area contributed by atoms with Crippen LogP contribution in [0.15, 0.2) is 78.0 Å². The minimum atomic E-state index is -0.379. The van der Waals surface area contributed by atoms with Gasteiger partial charge in [0.1, 0.15) is 0 Å². The van der Waals surface area contributed by atoms with E-state index in [1.807, 2.05) is 36.4 Å². The van der Waals surface area contributed by atoms with E-state index < -0.39 is 0 Å². The molecule has 0 aliphatic heterocycles. The van der Waals surface area contributed by atoms with Crippen LogP contribution in [-0.2, 0) is 17.0 Å². The minimum Gasteiger partial charge on any atom is -0.333 e. The van der Waals surface area contributed by atoms with Crippen LogP contribution in [0.4, 0.5) is 0 Å². The summed E-state index contributed by atoms with van der Waals surface area (Å²) in [6.45, 7) is 0. The number of rotatable bonds is 6. The summed E-state index contributed by atoms with van der Waals surface area (Å²) in [4.78, 5) is 32.1. The van der Waals surface area contributed by atoms with Gasteiger partial charge in [0, 0.05) is 16.3 Å². The number of nitrogens with zero attached hydrogens (tertiary/aromatic N) is 1. The van der Waals surface area contributed by atoms with Crippen LogP contribution in [0, 0.1) is 0 Å². The number of aromatic nitrogens is 2. The highest BCUT2D eigenvalue weighted by atomic mass is 35.5. The number of hydrogen-bond acceptors (Lipinski definition) is 4. The summed E-state index contributed by atoms with van der Waals surface area (Å²) in [7, 11) is 0. The molecule has 4 aromatic rings. The number of H-pyrrole nitrogens is 1. The van der Waals surface area contributed by atoms with Crippen LogP contribution in [0.25, 0.3) is 11.0 Å². The molecule has 0 aliphatic carbocycles. The van der Waals surface area contributed by atoms with Gasteiger partial charge in [0.15, 0.2) is 5.16 Å². The Hall–Kier alpha value is -3.29. The number of hydrogen-bond donors (Lipinski definition) is 3. The molecule has 31 heavy (non-hydrogen) atoms. The Morgan fingerprint density at radius 3 is 2.52 bits per heavy atom. The third kappa shape index (κ3) is 5.65. The molecule has 0 fully saturated rings. The summed E-state index contributed by atoms with van der Waals surface area (Å²) in [5, 5.41) is 1.42. The van der Waals surface area contributed by atoms with Crippen molar-refractivity contribution in [2.75, 3.05) is 0 Å². The quantitative estimate of drug-likeness (QED) is 0.298. The molecule has 0 aliphatic rings. The average molecular weight is 451 g/mol. The lowest BCUT2D eigenvalue weighted by atomic mass is 10.1. The van der Waals surface area contributed by atoms with E-state index in [2.05, 4.69) is 20.8 Å². The molecule has 2 amide bonds. The Kier molecular flexibility index (Phi) is 6.54. The summed E-state index contributed by atoms with van der Waals surface area (Å²) in [5.74, 6) is 0.0170. The predicted octanol–water partition coefficient (Wildman–Crippen LogP) is 4.51. The third-order valence-corrected chi connectivity index (χ3v) is 5.71. The van der Waals surface area contributed by atoms with Gasteiger partial charge in [-0.1, -0.05) is 59.8 Å². The van der Waals surface area contributed by atoms with Crippen LogP contribution < -0.4 is 10.9 Å². The Morgan fingerprint density at radius 2 is 1.74 bits per heavy atom. The van der Waals surface area contributed by atoms with Gasteiger partial charge in [-0.3, -0.25) is 20.4 Å². The maximum atomic E-state index is 12.3. The van der Waals surface area contributed by atoms with Crippen molar-refractivity contribution in [3.63, 3.8) is 0 Å². The highest BCUT2D eigenvalue weighted by Gasteiger charge is 2.09. The first-order valence-electron chi connectivity index (χ1n) is 9.57. The molecule has 3 aromatic carbocycles. The van der Waals surface area contributed by atoms with Gasteiger partial charge in [-0.05, 0) is 47.5 Å². The summed E-state index contributed by atoms with van der Waals surface area (Å²) in [6.07, 6.45) is 0.124. The summed E-state index contributed by atoms with van der Waals surface area (Å²) in [6, 6.07) is 22.2. The van der Waals surface area contributed by atoms with Crippen molar-refractivity contribution >= 4 is 46.2 Å². The lowest BCUT2D eigenvalue weighted by Crippen LogP contribution is -2.42. The highest BCUT2D eigenvalue weighted by Crippen LogP contribution is 2.23. The predicted molar refractivity (Wildman–Crippen MR) is 123 cm³/mol. The Morgan fingerprint density at radius 1 is 0.935 bits per heavy atom. The molecule has 0 saturated carbocycles. The number of benzene rings is 3. The molecule has 0 saturated heterocycles. The zero-order chi connectivity index (χ0) is 21.6. The number of imidazole rings is 1. The smallest absolute Gasteiger partial charge is 0.269 e. The molecule has 6 nitrogen and oxygen atoms in total. The number of aromatic amines is 1. The Balaban J connectivity index is 1.27. The average Bonchev–Trinajstić information content (AvgIpc) is 3.19. The molecule has 0 bridgehead atoms. The van der Waals surface area contributed by atoms with Crippen LogP contribution in [-0.4, -0.2) is 21.8 Å². The van der Waals surface area contributed by atoms with Crippen molar-refractivity contribution in [2.24, 2.45) is 0 Å². The van der Waals surface area contributed by atoms with Crippen LogP contribution in [0.1, 0.15) is 21.5 Å². The van der Waals surface area contributed by atoms with Crippen molar-refractivity contribution in [3.05, 3.63) is 94.5 Å². The number of carbonyl (C=O) groups is 2. The van der Waals surface area contributed by atoms with E-state index >= 15 is 0 Å². The first kappa shape index (κ1) is 21.0. The van der Waals surface area contributed by atoms with E-state index in [1.54, 1.807) is 48.2 Å². The lowest BCUT2D eigenvalue weighted by molar-refractivity contribution is -0.121. The summed E-state index contributed by atoms with van der Waals surface area (Å²) >= 11 is 7.51. The SMILES string of the molecule is O=C(Cc1cccc(Cl)c1)NNC(=O)c1ccc(CSc2nc3ccccc3[nH]2)cc1. The molecule has 1 heterocycles. The van der Waals surface area contributed by atoms with E-state index in [4.69, 9.17) is 11.6 Å². The fourth-order valence-electron chi connectivity index (χ4n) is 2.98. The number of thioether (sulfide) groups is 1. The molecule has 8 heteroatoms. The summed E-state index contributed by atoms with van der Waals surface area (Å²) < 4.78 is 0. The number of para-hydroxylation sites is 2. The number of hydrazine groups is 1. The molecular formula is C23H19ClN4O2S. The number of nitrogens with one attached hydrogen (secondary N) is 3. The van der Waals surface area contributed by atoms with Gasteiger partial charge in [-0.25, -0.2) is 4.98 Å². The number of carbonyl (C=O) groups excluding carboxylic acids is 2. The monoisotopic (exact) mass is 450 g/mol. The van der Waals surface area contributed by atoms with E-state index in [9.17, 15) is 9.59 Å². The molecule has 0 atom stereocenters. The maximum Gasteiger partial charge on any atom is 0.269 e. The first-order chi connectivity index (χ1) is 15.1.